The molecule has 0 aliphatic heterocycles. The van der Waals surface area contributed by atoms with E-state index in [1.54, 1.807) is 0 Å². The summed E-state index contributed by atoms with van der Waals surface area (Å²) in [6, 6.07) is 0.754. The first-order chi connectivity index (χ1) is 7.18. The van der Waals surface area contributed by atoms with Crippen LogP contribution in [0.15, 0.2) is 0 Å². The van der Waals surface area contributed by atoms with Gasteiger partial charge in [-0.3, -0.25) is 0 Å². The van der Waals surface area contributed by atoms with Gasteiger partial charge in [-0.1, -0.05) is 20.8 Å². The molecule has 0 amide bonds. The van der Waals surface area contributed by atoms with Crippen molar-refractivity contribution >= 4 is 0 Å². The van der Waals surface area contributed by atoms with Crippen molar-refractivity contribution in [2.24, 2.45) is 11.8 Å². The zero-order valence-corrected chi connectivity index (χ0v) is 10.6. The van der Waals surface area contributed by atoms with Crippen LogP contribution >= 0.6 is 0 Å². The summed E-state index contributed by atoms with van der Waals surface area (Å²) in [7, 11) is 0. The fourth-order valence-electron chi connectivity index (χ4n) is 2.12. The molecule has 1 aliphatic rings. The van der Waals surface area contributed by atoms with E-state index >= 15 is 0 Å². The smallest absolute Gasteiger partial charge is 0.0591 e. The second-order valence-corrected chi connectivity index (χ2v) is 5.38. The summed E-state index contributed by atoms with van der Waals surface area (Å²) >= 11 is 0. The monoisotopic (exact) mass is 213 g/mol. The lowest BCUT2D eigenvalue weighted by Crippen LogP contribution is -2.35. The van der Waals surface area contributed by atoms with Crippen LogP contribution in [0.2, 0.25) is 0 Å². The maximum absolute atomic E-state index is 5.54. The molecular weight excluding hydrogens is 186 g/mol. The van der Waals surface area contributed by atoms with E-state index in [4.69, 9.17) is 4.74 Å². The highest BCUT2D eigenvalue weighted by molar-refractivity contribution is 4.74. The van der Waals surface area contributed by atoms with Gasteiger partial charge in [-0.05, 0) is 37.5 Å². The van der Waals surface area contributed by atoms with Crippen LogP contribution in [-0.4, -0.2) is 25.8 Å². The van der Waals surface area contributed by atoms with Crippen LogP contribution in [0, 0.1) is 11.8 Å². The molecule has 0 saturated heterocycles. The Morgan fingerprint density at radius 3 is 2.47 bits per heavy atom. The van der Waals surface area contributed by atoms with Gasteiger partial charge in [0.05, 0.1) is 6.61 Å². The summed E-state index contributed by atoms with van der Waals surface area (Å²) in [4.78, 5) is 0. The Hall–Kier alpha value is -0.0800. The lowest BCUT2D eigenvalue weighted by molar-refractivity contribution is 0.108. The quantitative estimate of drug-likeness (QED) is 0.685. The molecule has 0 aromatic heterocycles. The van der Waals surface area contributed by atoms with Crippen molar-refractivity contribution in [2.45, 2.75) is 52.5 Å². The van der Waals surface area contributed by atoms with Crippen LogP contribution < -0.4 is 5.32 Å². The van der Waals surface area contributed by atoms with E-state index in [2.05, 4.69) is 26.1 Å². The topological polar surface area (TPSA) is 21.3 Å². The van der Waals surface area contributed by atoms with Crippen LogP contribution in [0.1, 0.15) is 46.5 Å². The molecule has 1 N–H and O–H groups in total. The van der Waals surface area contributed by atoms with Gasteiger partial charge in [-0.15, -0.1) is 0 Å². The number of hydrogen-bond donors (Lipinski definition) is 1. The van der Waals surface area contributed by atoms with Gasteiger partial charge in [0.25, 0.3) is 0 Å². The molecule has 15 heavy (non-hydrogen) atoms. The van der Waals surface area contributed by atoms with Gasteiger partial charge in [0.15, 0.2) is 0 Å². The first kappa shape index (κ1) is 13.0. The molecule has 0 spiro atoms. The fraction of sp³-hybridized carbons (Fsp3) is 1.00. The molecule has 0 bridgehead atoms. The third kappa shape index (κ3) is 6.16. The third-order valence-corrected chi connectivity index (χ3v) is 3.15. The minimum absolute atomic E-state index is 0.653. The first-order valence-corrected chi connectivity index (χ1v) is 6.49. The van der Waals surface area contributed by atoms with Crippen molar-refractivity contribution < 1.29 is 4.74 Å². The van der Waals surface area contributed by atoms with Crippen LogP contribution in [-0.2, 0) is 4.74 Å². The van der Waals surface area contributed by atoms with E-state index in [0.717, 1.165) is 31.7 Å². The highest BCUT2D eigenvalue weighted by Crippen LogP contribution is 2.23. The second kappa shape index (κ2) is 7.24. The molecule has 0 aromatic rings. The SMILES string of the molecule is CC(C)COCCN[C@H]1CC[C@H](C)CC1. The van der Waals surface area contributed by atoms with E-state index in [1.807, 2.05) is 0 Å². The van der Waals surface area contributed by atoms with Crippen LogP contribution in [0.4, 0.5) is 0 Å². The number of hydrogen-bond acceptors (Lipinski definition) is 2. The lowest BCUT2D eigenvalue weighted by atomic mass is 9.87. The molecule has 1 rings (SSSR count). The van der Waals surface area contributed by atoms with Crippen molar-refractivity contribution in [3.8, 4) is 0 Å². The van der Waals surface area contributed by atoms with Crippen molar-refractivity contribution in [1.29, 1.82) is 0 Å². The number of ether oxygens (including phenoxy) is 1. The summed E-state index contributed by atoms with van der Waals surface area (Å²) in [6.07, 6.45) is 5.49. The van der Waals surface area contributed by atoms with Crippen LogP contribution in [0.5, 0.6) is 0 Å². The largest absolute Gasteiger partial charge is 0.380 e. The first-order valence-electron chi connectivity index (χ1n) is 6.49. The predicted molar refractivity (Wildman–Crippen MR) is 65.1 cm³/mol. The molecule has 0 aromatic carbocycles. The predicted octanol–water partition coefficient (Wildman–Crippen LogP) is 2.83. The molecule has 0 unspecified atom stereocenters. The van der Waals surface area contributed by atoms with Crippen molar-refractivity contribution in [1.82, 2.24) is 5.32 Å². The van der Waals surface area contributed by atoms with Crippen LogP contribution in [0.3, 0.4) is 0 Å². The van der Waals surface area contributed by atoms with Crippen molar-refractivity contribution in [3.63, 3.8) is 0 Å². The fourth-order valence-corrected chi connectivity index (χ4v) is 2.12. The Balaban J connectivity index is 1.91. The summed E-state index contributed by atoms with van der Waals surface area (Å²) < 4.78 is 5.54. The summed E-state index contributed by atoms with van der Waals surface area (Å²) in [5, 5.41) is 3.59. The highest BCUT2D eigenvalue weighted by Gasteiger charge is 2.16. The van der Waals surface area contributed by atoms with Gasteiger partial charge >= 0.3 is 0 Å². The maximum atomic E-state index is 5.54. The molecule has 1 aliphatic carbocycles. The van der Waals surface area contributed by atoms with Gasteiger partial charge in [0, 0.05) is 19.2 Å². The Morgan fingerprint density at radius 1 is 1.20 bits per heavy atom. The third-order valence-electron chi connectivity index (χ3n) is 3.15. The summed E-state index contributed by atoms with van der Waals surface area (Å²) in [5.74, 6) is 1.60. The minimum Gasteiger partial charge on any atom is -0.380 e. The molecule has 0 radical (unpaired) electrons. The second-order valence-electron chi connectivity index (χ2n) is 5.38. The Labute approximate surface area is 94.8 Å². The molecule has 0 atom stereocenters. The van der Waals surface area contributed by atoms with Gasteiger partial charge < -0.3 is 10.1 Å². The van der Waals surface area contributed by atoms with Crippen LogP contribution in [0.25, 0.3) is 0 Å². The lowest BCUT2D eigenvalue weighted by Gasteiger charge is -2.27. The Morgan fingerprint density at radius 2 is 1.87 bits per heavy atom. The minimum atomic E-state index is 0.653. The molecule has 2 nitrogen and oxygen atoms in total. The molecule has 2 heteroatoms. The number of rotatable bonds is 6. The Kier molecular flexibility index (Phi) is 6.26. The van der Waals surface area contributed by atoms with E-state index in [9.17, 15) is 0 Å². The standard InChI is InChI=1S/C13H27NO/c1-11(2)10-15-9-8-14-13-6-4-12(3)5-7-13/h11-14H,4-10H2,1-3H3/t12-,13-. The van der Waals surface area contributed by atoms with Crippen molar-refractivity contribution in [2.75, 3.05) is 19.8 Å². The van der Waals surface area contributed by atoms with Gasteiger partial charge in [0.1, 0.15) is 0 Å². The average Bonchev–Trinajstić information content (AvgIpc) is 2.20. The highest BCUT2D eigenvalue weighted by atomic mass is 16.5. The zero-order chi connectivity index (χ0) is 11.1. The molecule has 1 saturated carbocycles. The van der Waals surface area contributed by atoms with E-state index in [0.29, 0.717) is 5.92 Å². The zero-order valence-electron chi connectivity index (χ0n) is 10.6. The van der Waals surface area contributed by atoms with E-state index in [1.165, 1.54) is 25.7 Å². The molecular formula is C13H27NO. The van der Waals surface area contributed by atoms with Gasteiger partial charge in [-0.25, -0.2) is 0 Å². The molecule has 1 fully saturated rings. The molecule has 0 heterocycles. The maximum Gasteiger partial charge on any atom is 0.0591 e. The summed E-state index contributed by atoms with van der Waals surface area (Å²) in [5.41, 5.74) is 0. The number of nitrogens with one attached hydrogen (secondary N) is 1. The normalized spacial score (nSPS) is 27.2. The van der Waals surface area contributed by atoms with E-state index < -0.39 is 0 Å². The van der Waals surface area contributed by atoms with Crippen molar-refractivity contribution in [3.05, 3.63) is 0 Å². The molecule has 90 valence electrons. The summed E-state index contributed by atoms with van der Waals surface area (Å²) in [6.45, 7) is 9.52. The Bertz CT molecular complexity index is 151. The van der Waals surface area contributed by atoms with Gasteiger partial charge in [-0.2, -0.15) is 0 Å². The van der Waals surface area contributed by atoms with E-state index in [-0.39, 0.29) is 0 Å². The average molecular weight is 213 g/mol. The van der Waals surface area contributed by atoms with Gasteiger partial charge in [0.2, 0.25) is 0 Å².